The molecule has 1 aromatic heterocycles. The van der Waals surface area contributed by atoms with Gasteiger partial charge in [-0.15, -0.1) is 11.3 Å². The molecule has 5 heteroatoms. The lowest BCUT2D eigenvalue weighted by Gasteiger charge is -2.15. The number of nitrogens with one attached hydrogen (secondary N) is 2. The summed E-state index contributed by atoms with van der Waals surface area (Å²) in [5.74, 6) is 2.23. The summed E-state index contributed by atoms with van der Waals surface area (Å²) in [4.78, 5) is 5.55. The number of hydrogen-bond acceptors (Lipinski definition) is 3. The highest BCUT2D eigenvalue weighted by molar-refractivity contribution is 7.09. The minimum Gasteiger partial charge on any atom is -0.493 e. The molecule has 23 heavy (non-hydrogen) atoms. The van der Waals surface area contributed by atoms with Crippen LogP contribution in [-0.2, 0) is 13.1 Å². The van der Waals surface area contributed by atoms with Crippen LogP contribution in [-0.4, -0.2) is 19.6 Å². The third-order valence-corrected chi connectivity index (χ3v) is 4.10. The Hall–Kier alpha value is -2.01. The second-order valence-corrected chi connectivity index (χ2v) is 6.70. The quantitative estimate of drug-likeness (QED) is 0.601. The van der Waals surface area contributed by atoms with Gasteiger partial charge in [0.15, 0.2) is 5.96 Å². The molecule has 0 aliphatic rings. The molecule has 0 saturated heterocycles. The molecular formula is C18H25N3OS. The van der Waals surface area contributed by atoms with E-state index >= 15 is 0 Å². The summed E-state index contributed by atoms with van der Waals surface area (Å²) in [5.41, 5.74) is 1.13. The third kappa shape index (κ3) is 5.94. The molecule has 2 aromatic rings. The Labute approximate surface area is 142 Å². The number of rotatable bonds is 7. The smallest absolute Gasteiger partial charge is 0.191 e. The van der Waals surface area contributed by atoms with E-state index in [1.165, 1.54) is 4.88 Å². The highest BCUT2D eigenvalue weighted by Crippen LogP contribution is 2.18. The second-order valence-electron chi connectivity index (χ2n) is 5.67. The van der Waals surface area contributed by atoms with Crippen LogP contribution in [0.4, 0.5) is 0 Å². The number of guanidine groups is 1. The number of nitrogens with zero attached hydrogens (tertiary/aromatic N) is 1. The molecule has 0 unspecified atom stereocenters. The van der Waals surface area contributed by atoms with Crippen LogP contribution in [0.25, 0.3) is 0 Å². The molecule has 0 spiro atoms. The zero-order chi connectivity index (χ0) is 16.5. The fourth-order valence-electron chi connectivity index (χ4n) is 2.03. The number of ether oxygens (including phenoxy) is 1. The maximum atomic E-state index is 5.88. The molecule has 0 amide bonds. The van der Waals surface area contributed by atoms with E-state index in [1.807, 2.05) is 18.2 Å². The van der Waals surface area contributed by atoms with Crippen molar-refractivity contribution in [3.05, 3.63) is 52.2 Å². The van der Waals surface area contributed by atoms with E-state index in [4.69, 9.17) is 4.74 Å². The van der Waals surface area contributed by atoms with Crippen molar-refractivity contribution in [2.24, 2.45) is 10.9 Å². The third-order valence-electron chi connectivity index (χ3n) is 3.22. The molecule has 0 atom stereocenters. The maximum Gasteiger partial charge on any atom is 0.191 e. The van der Waals surface area contributed by atoms with Crippen molar-refractivity contribution in [2.45, 2.75) is 26.9 Å². The molecule has 124 valence electrons. The van der Waals surface area contributed by atoms with Gasteiger partial charge in [-0.3, -0.25) is 4.99 Å². The summed E-state index contributed by atoms with van der Waals surface area (Å²) in [6.07, 6.45) is 0. The van der Waals surface area contributed by atoms with Gasteiger partial charge in [-0.05, 0) is 23.4 Å². The van der Waals surface area contributed by atoms with Crippen molar-refractivity contribution in [1.82, 2.24) is 10.6 Å². The van der Waals surface area contributed by atoms with E-state index < -0.39 is 0 Å². The lowest BCUT2D eigenvalue weighted by molar-refractivity contribution is 0.268. The average Bonchev–Trinajstić information content (AvgIpc) is 3.07. The normalized spacial score (nSPS) is 11.6. The lowest BCUT2D eigenvalue weighted by atomic mass is 10.2. The van der Waals surface area contributed by atoms with Crippen molar-refractivity contribution >= 4 is 17.3 Å². The number of para-hydroxylation sites is 1. The fraction of sp³-hybridized carbons (Fsp3) is 0.389. The van der Waals surface area contributed by atoms with Gasteiger partial charge in [-0.25, -0.2) is 0 Å². The number of thiophene rings is 1. The van der Waals surface area contributed by atoms with Crippen LogP contribution in [0.1, 0.15) is 24.3 Å². The fourth-order valence-corrected chi connectivity index (χ4v) is 2.68. The molecule has 2 N–H and O–H groups in total. The molecule has 0 aliphatic carbocycles. The number of benzene rings is 1. The molecule has 0 aliphatic heterocycles. The van der Waals surface area contributed by atoms with E-state index in [1.54, 1.807) is 18.4 Å². The van der Waals surface area contributed by atoms with Gasteiger partial charge in [-0.1, -0.05) is 38.1 Å². The summed E-state index contributed by atoms with van der Waals surface area (Å²) < 4.78 is 5.88. The largest absolute Gasteiger partial charge is 0.493 e. The van der Waals surface area contributed by atoms with Crippen LogP contribution in [0.15, 0.2) is 46.8 Å². The topological polar surface area (TPSA) is 45.7 Å². The number of hydrogen-bond donors (Lipinski definition) is 2. The molecule has 1 heterocycles. The van der Waals surface area contributed by atoms with Crippen molar-refractivity contribution in [3.8, 4) is 5.75 Å². The van der Waals surface area contributed by atoms with Gasteiger partial charge >= 0.3 is 0 Å². The van der Waals surface area contributed by atoms with E-state index in [0.717, 1.165) is 30.4 Å². The minimum atomic E-state index is 0.510. The first-order chi connectivity index (χ1) is 11.2. The Morgan fingerprint density at radius 3 is 2.61 bits per heavy atom. The van der Waals surface area contributed by atoms with Crippen molar-refractivity contribution < 1.29 is 4.74 Å². The second kappa shape index (κ2) is 9.20. The monoisotopic (exact) mass is 331 g/mol. The Bertz CT molecular complexity index is 608. The van der Waals surface area contributed by atoms with Crippen LogP contribution in [0.5, 0.6) is 5.75 Å². The zero-order valence-corrected chi connectivity index (χ0v) is 14.8. The van der Waals surface area contributed by atoms with E-state index in [2.05, 4.69) is 53.1 Å². The molecule has 0 fully saturated rings. The molecular weight excluding hydrogens is 306 g/mol. The summed E-state index contributed by atoms with van der Waals surface area (Å²) in [6, 6.07) is 12.3. The maximum absolute atomic E-state index is 5.88. The predicted molar refractivity (Wildman–Crippen MR) is 98.1 cm³/mol. The first-order valence-electron chi connectivity index (χ1n) is 7.86. The summed E-state index contributed by atoms with van der Waals surface area (Å²) in [5, 5.41) is 8.74. The van der Waals surface area contributed by atoms with Gasteiger partial charge in [0.1, 0.15) is 5.75 Å². The molecule has 0 radical (unpaired) electrons. The first kappa shape index (κ1) is 17.3. The van der Waals surface area contributed by atoms with Crippen molar-refractivity contribution in [1.29, 1.82) is 0 Å². The van der Waals surface area contributed by atoms with Gasteiger partial charge in [0.25, 0.3) is 0 Å². The van der Waals surface area contributed by atoms with Gasteiger partial charge in [0.2, 0.25) is 0 Å². The van der Waals surface area contributed by atoms with Crippen molar-refractivity contribution in [2.75, 3.05) is 13.7 Å². The molecule has 1 aromatic carbocycles. The average molecular weight is 331 g/mol. The van der Waals surface area contributed by atoms with Crippen LogP contribution < -0.4 is 15.4 Å². The van der Waals surface area contributed by atoms with Crippen LogP contribution in [0.3, 0.4) is 0 Å². The van der Waals surface area contributed by atoms with E-state index in [-0.39, 0.29) is 0 Å². The Morgan fingerprint density at radius 2 is 1.91 bits per heavy atom. The van der Waals surface area contributed by atoms with Crippen LogP contribution in [0, 0.1) is 5.92 Å². The summed E-state index contributed by atoms with van der Waals surface area (Å²) >= 11 is 1.74. The zero-order valence-electron chi connectivity index (χ0n) is 14.0. The van der Waals surface area contributed by atoms with Crippen LogP contribution >= 0.6 is 11.3 Å². The molecule has 0 saturated carbocycles. The molecule has 4 nitrogen and oxygen atoms in total. The SMILES string of the molecule is CN=C(NCc1cccs1)NCc1ccccc1OCC(C)C. The van der Waals surface area contributed by atoms with E-state index in [0.29, 0.717) is 12.5 Å². The minimum absolute atomic E-state index is 0.510. The highest BCUT2D eigenvalue weighted by Gasteiger charge is 2.05. The Balaban J connectivity index is 1.88. The van der Waals surface area contributed by atoms with E-state index in [9.17, 15) is 0 Å². The predicted octanol–water partition coefficient (Wildman–Crippen LogP) is 3.65. The van der Waals surface area contributed by atoms with Gasteiger partial charge in [-0.2, -0.15) is 0 Å². The molecule has 0 bridgehead atoms. The number of aliphatic imine (C=N–C) groups is 1. The first-order valence-corrected chi connectivity index (χ1v) is 8.74. The summed E-state index contributed by atoms with van der Waals surface area (Å²) in [7, 11) is 1.78. The Morgan fingerprint density at radius 1 is 1.13 bits per heavy atom. The van der Waals surface area contributed by atoms with Gasteiger partial charge in [0.05, 0.1) is 13.2 Å². The van der Waals surface area contributed by atoms with Gasteiger partial charge in [0, 0.05) is 24.0 Å². The standard InChI is InChI=1S/C18H25N3OS/c1-14(2)13-22-17-9-5-4-7-15(17)11-20-18(19-3)21-12-16-8-6-10-23-16/h4-10,14H,11-13H2,1-3H3,(H2,19,20,21). The van der Waals surface area contributed by atoms with Gasteiger partial charge < -0.3 is 15.4 Å². The van der Waals surface area contributed by atoms with Crippen molar-refractivity contribution in [3.63, 3.8) is 0 Å². The summed E-state index contributed by atoms with van der Waals surface area (Å²) in [6.45, 7) is 6.48. The lowest BCUT2D eigenvalue weighted by Crippen LogP contribution is -2.36. The highest BCUT2D eigenvalue weighted by atomic mass is 32.1. The Kier molecular flexibility index (Phi) is 6.94. The van der Waals surface area contributed by atoms with Crippen LogP contribution in [0.2, 0.25) is 0 Å². The molecule has 2 rings (SSSR count).